The van der Waals surface area contributed by atoms with E-state index in [-0.39, 0.29) is 5.82 Å². The summed E-state index contributed by atoms with van der Waals surface area (Å²) in [5, 5.41) is 4.37. The van der Waals surface area contributed by atoms with Crippen LogP contribution in [0.1, 0.15) is 42.8 Å². The summed E-state index contributed by atoms with van der Waals surface area (Å²) in [7, 11) is 0. The molecule has 2 nitrogen and oxygen atoms in total. The Morgan fingerprint density at radius 1 is 1.24 bits per heavy atom. The van der Waals surface area contributed by atoms with Gasteiger partial charge in [-0.25, -0.2) is 9.37 Å². The number of hydrogen-bond acceptors (Lipinski definition) is 3. The second-order valence-corrected chi connectivity index (χ2v) is 6.36. The first kappa shape index (κ1) is 16.1. The van der Waals surface area contributed by atoms with Crippen LogP contribution >= 0.6 is 11.3 Å². The van der Waals surface area contributed by atoms with Crippen molar-refractivity contribution in [1.29, 1.82) is 0 Å². The number of benzene rings is 1. The molecule has 0 aliphatic carbocycles. The summed E-state index contributed by atoms with van der Waals surface area (Å²) in [5.74, 6) is -0.200. The molecule has 0 atom stereocenters. The van der Waals surface area contributed by atoms with Gasteiger partial charge in [0.25, 0.3) is 0 Å². The predicted octanol–water partition coefficient (Wildman–Crippen LogP) is 4.71. The van der Waals surface area contributed by atoms with Gasteiger partial charge in [-0.05, 0) is 44.0 Å². The summed E-state index contributed by atoms with van der Waals surface area (Å²) in [6.45, 7) is 8.20. The summed E-state index contributed by atoms with van der Waals surface area (Å²) < 4.78 is 13.5. The van der Waals surface area contributed by atoms with Gasteiger partial charge in [0.2, 0.25) is 0 Å². The molecule has 0 spiro atoms. The van der Waals surface area contributed by atoms with Gasteiger partial charge in [0.1, 0.15) is 10.8 Å². The maximum atomic E-state index is 13.5. The van der Waals surface area contributed by atoms with Crippen molar-refractivity contribution in [1.82, 2.24) is 10.3 Å². The van der Waals surface area contributed by atoms with Crippen LogP contribution < -0.4 is 5.32 Å². The number of nitrogens with zero attached hydrogens (tertiary/aromatic N) is 1. The van der Waals surface area contributed by atoms with Gasteiger partial charge in [0, 0.05) is 17.0 Å². The maximum absolute atomic E-state index is 13.5. The monoisotopic (exact) mass is 306 g/mol. The van der Waals surface area contributed by atoms with Gasteiger partial charge < -0.3 is 5.32 Å². The molecule has 0 saturated carbocycles. The first-order valence-electron chi connectivity index (χ1n) is 7.61. The van der Waals surface area contributed by atoms with Crippen molar-refractivity contribution in [2.75, 3.05) is 6.54 Å². The topological polar surface area (TPSA) is 24.9 Å². The molecular formula is C17H23FN2S. The van der Waals surface area contributed by atoms with Gasteiger partial charge >= 0.3 is 0 Å². The zero-order valence-corrected chi connectivity index (χ0v) is 13.8. The Labute approximate surface area is 130 Å². The quantitative estimate of drug-likeness (QED) is 0.749. The second kappa shape index (κ2) is 7.66. The molecule has 1 heterocycles. The van der Waals surface area contributed by atoms with E-state index >= 15 is 0 Å². The Bertz CT molecular complexity index is 592. The minimum absolute atomic E-state index is 0.200. The third-order valence-electron chi connectivity index (χ3n) is 3.41. The lowest BCUT2D eigenvalue weighted by Crippen LogP contribution is -2.13. The average molecular weight is 306 g/mol. The summed E-state index contributed by atoms with van der Waals surface area (Å²) >= 11 is 1.69. The van der Waals surface area contributed by atoms with Gasteiger partial charge in [-0.3, -0.25) is 0 Å². The number of hydrogen-bond donors (Lipinski definition) is 1. The second-order valence-electron chi connectivity index (χ2n) is 5.27. The first-order valence-corrected chi connectivity index (χ1v) is 8.43. The fourth-order valence-electron chi connectivity index (χ4n) is 2.27. The molecule has 114 valence electrons. The largest absolute Gasteiger partial charge is 0.312 e. The van der Waals surface area contributed by atoms with E-state index in [1.165, 1.54) is 10.9 Å². The Kier molecular flexibility index (Phi) is 5.88. The molecule has 1 aromatic heterocycles. The average Bonchev–Trinajstić information content (AvgIpc) is 2.85. The maximum Gasteiger partial charge on any atom is 0.124 e. The third kappa shape index (κ3) is 4.11. The lowest BCUT2D eigenvalue weighted by molar-refractivity contribution is 0.628. The predicted molar refractivity (Wildman–Crippen MR) is 88.2 cm³/mol. The highest BCUT2D eigenvalue weighted by molar-refractivity contribution is 7.15. The summed E-state index contributed by atoms with van der Waals surface area (Å²) in [6, 6.07) is 4.91. The highest BCUT2D eigenvalue weighted by Crippen LogP contribution is 2.31. The Balaban J connectivity index is 2.31. The number of rotatable bonds is 7. The number of thiazole rings is 1. The van der Waals surface area contributed by atoms with Crippen LogP contribution in [-0.2, 0) is 13.0 Å². The molecule has 0 saturated heterocycles. The molecule has 0 fully saturated rings. The van der Waals surface area contributed by atoms with Crippen LogP contribution in [0.25, 0.3) is 10.6 Å². The SMILES string of the molecule is CCCNCc1sc(-c2cc(F)ccc2C)nc1CCC. The van der Waals surface area contributed by atoms with Gasteiger partial charge in [-0.2, -0.15) is 0 Å². The molecule has 0 amide bonds. The molecule has 0 aliphatic heterocycles. The van der Waals surface area contributed by atoms with Gasteiger partial charge in [0.15, 0.2) is 0 Å². The van der Waals surface area contributed by atoms with Crippen LogP contribution in [0.5, 0.6) is 0 Å². The fourth-order valence-corrected chi connectivity index (χ4v) is 3.43. The molecule has 0 bridgehead atoms. The number of aryl methyl sites for hydroxylation is 2. The summed E-state index contributed by atoms with van der Waals surface area (Å²) in [4.78, 5) is 6.04. The van der Waals surface area contributed by atoms with E-state index in [0.717, 1.165) is 54.2 Å². The fraction of sp³-hybridized carbons (Fsp3) is 0.471. The zero-order valence-electron chi connectivity index (χ0n) is 13.0. The molecule has 0 unspecified atom stereocenters. The van der Waals surface area contributed by atoms with Gasteiger partial charge in [-0.1, -0.05) is 26.3 Å². The smallest absolute Gasteiger partial charge is 0.124 e. The minimum Gasteiger partial charge on any atom is -0.312 e. The molecule has 1 aromatic carbocycles. The minimum atomic E-state index is -0.200. The van der Waals surface area contributed by atoms with E-state index in [4.69, 9.17) is 4.98 Å². The van der Waals surface area contributed by atoms with E-state index in [0.29, 0.717) is 0 Å². The Morgan fingerprint density at radius 3 is 2.76 bits per heavy atom. The lowest BCUT2D eigenvalue weighted by atomic mass is 10.1. The lowest BCUT2D eigenvalue weighted by Gasteiger charge is -2.02. The number of aromatic nitrogens is 1. The molecular weight excluding hydrogens is 283 g/mol. The molecule has 0 aliphatic rings. The van der Waals surface area contributed by atoms with Crippen molar-refractivity contribution in [3.8, 4) is 10.6 Å². The molecule has 2 aromatic rings. The number of halogens is 1. The van der Waals surface area contributed by atoms with E-state index in [2.05, 4.69) is 19.2 Å². The Hall–Kier alpha value is -1.26. The molecule has 4 heteroatoms. The van der Waals surface area contributed by atoms with E-state index in [1.807, 2.05) is 13.0 Å². The highest BCUT2D eigenvalue weighted by atomic mass is 32.1. The zero-order chi connectivity index (χ0) is 15.2. The summed E-state index contributed by atoms with van der Waals surface area (Å²) in [6.07, 6.45) is 3.18. The van der Waals surface area contributed by atoms with E-state index in [9.17, 15) is 4.39 Å². The van der Waals surface area contributed by atoms with Gasteiger partial charge in [0.05, 0.1) is 5.69 Å². The standard InChI is InChI=1S/C17H23FN2S/c1-4-6-15-16(11-19-9-5-2)21-17(20-15)14-10-13(18)8-7-12(14)3/h7-8,10,19H,4-6,9,11H2,1-3H3. The molecule has 21 heavy (non-hydrogen) atoms. The van der Waals surface area contributed by atoms with E-state index < -0.39 is 0 Å². The molecule has 2 rings (SSSR count). The van der Waals surface area contributed by atoms with Crippen molar-refractivity contribution in [3.05, 3.63) is 40.2 Å². The van der Waals surface area contributed by atoms with Crippen LogP contribution in [0.4, 0.5) is 4.39 Å². The highest BCUT2D eigenvalue weighted by Gasteiger charge is 2.14. The van der Waals surface area contributed by atoms with Crippen LogP contribution in [0, 0.1) is 12.7 Å². The third-order valence-corrected chi connectivity index (χ3v) is 4.54. The van der Waals surface area contributed by atoms with Crippen molar-refractivity contribution in [2.45, 2.75) is 46.6 Å². The number of nitrogens with one attached hydrogen (secondary N) is 1. The molecule has 1 N–H and O–H groups in total. The van der Waals surface area contributed by atoms with Crippen LogP contribution in [0.15, 0.2) is 18.2 Å². The van der Waals surface area contributed by atoms with Crippen molar-refractivity contribution in [3.63, 3.8) is 0 Å². The summed E-state index contributed by atoms with van der Waals surface area (Å²) in [5.41, 5.74) is 3.14. The van der Waals surface area contributed by atoms with Crippen molar-refractivity contribution in [2.24, 2.45) is 0 Å². The van der Waals surface area contributed by atoms with E-state index in [1.54, 1.807) is 17.4 Å². The van der Waals surface area contributed by atoms with Crippen molar-refractivity contribution >= 4 is 11.3 Å². The molecule has 0 radical (unpaired) electrons. The normalized spacial score (nSPS) is 11.0. The van der Waals surface area contributed by atoms with Crippen LogP contribution in [0.2, 0.25) is 0 Å². The van der Waals surface area contributed by atoms with Crippen molar-refractivity contribution < 1.29 is 4.39 Å². The van der Waals surface area contributed by atoms with Crippen LogP contribution in [-0.4, -0.2) is 11.5 Å². The Morgan fingerprint density at radius 2 is 2.05 bits per heavy atom. The first-order chi connectivity index (χ1) is 10.2. The van der Waals surface area contributed by atoms with Gasteiger partial charge in [-0.15, -0.1) is 11.3 Å². The van der Waals surface area contributed by atoms with Crippen LogP contribution in [0.3, 0.4) is 0 Å².